The molecule has 0 aliphatic heterocycles. The van der Waals surface area contributed by atoms with Crippen molar-refractivity contribution in [2.24, 2.45) is 0 Å². The van der Waals surface area contributed by atoms with Crippen LogP contribution in [0.5, 0.6) is 11.5 Å². The molecule has 0 saturated carbocycles. The quantitative estimate of drug-likeness (QED) is 0.477. The predicted molar refractivity (Wildman–Crippen MR) is 80.0 cm³/mol. The molecule has 21 heavy (non-hydrogen) atoms. The number of carbonyl (C=O) groups is 1. The summed E-state index contributed by atoms with van der Waals surface area (Å²) in [7, 11) is 2.80. The Bertz CT molecular complexity index is 632. The largest absolute Gasteiger partial charge is 0.503 e. The minimum atomic E-state index is -0.485. The van der Waals surface area contributed by atoms with Crippen molar-refractivity contribution in [1.82, 2.24) is 0 Å². The van der Waals surface area contributed by atoms with Gasteiger partial charge in [0.25, 0.3) is 0 Å². The third-order valence-electron chi connectivity index (χ3n) is 2.79. The van der Waals surface area contributed by atoms with Gasteiger partial charge in [0.05, 0.1) is 20.5 Å². The number of para-hydroxylation sites is 2. The van der Waals surface area contributed by atoms with E-state index in [1.165, 1.54) is 20.5 Å². The second-order valence-corrected chi connectivity index (χ2v) is 4.17. The molecule has 0 fully saturated rings. The molecular weight excluding hydrogens is 268 g/mol. The lowest BCUT2D eigenvalue weighted by molar-refractivity contribution is -0.133. The lowest BCUT2D eigenvalue weighted by Crippen LogP contribution is -2.05. The molecule has 2 aromatic rings. The smallest absolute Gasteiger partial charge is 0.341 e. The molecule has 0 aromatic heterocycles. The van der Waals surface area contributed by atoms with Gasteiger partial charge in [-0.25, -0.2) is 4.79 Å². The van der Waals surface area contributed by atoms with Crippen molar-refractivity contribution in [3.63, 3.8) is 0 Å². The number of rotatable bonds is 5. The standard InChI is InChI=1S/C17H16O4/c1-19-12-15(17(18)20-2)14-10-6-7-11-16(14)21-13-8-4-3-5-9-13/h3-12H,1-2H3/b15-12+. The van der Waals surface area contributed by atoms with Crippen LogP contribution >= 0.6 is 0 Å². The molecule has 0 N–H and O–H groups in total. The Morgan fingerprint density at radius 2 is 1.62 bits per heavy atom. The van der Waals surface area contributed by atoms with E-state index in [1.54, 1.807) is 12.1 Å². The summed E-state index contributed by atoms with van der Waals surface area (Å²) in [5.74, 6) is 0.755. The number of hydrogen-bond acceptors (Lipinski definition) is 4. The van der Waals surface area contributed by atoms with E-state index in [4.69, 9.17) is 14.2 Å². The van der Waals surface area contributed by atoms with Crippen LogP contribution in [0.2, 0.25) is 0 Å². The van der Waals surface area contributed by atoms with E-state index < -0.39 is 5.97 Å². The number of benzene rings is 2. The van der Waals surface area contributed by atoms with Gasteiger partial charge in [-0.3, -0.25) is 0 Å². The fourth-order valence-electron chi connectivity index (χ4n) is 1.84. The Balaban J connectivity index is 2.40. The van der Waals surface area contributed by atoms with Crippen LogP contribution in [0.3, 0.4) is 0 Å². The van der Waals surface area contributed by atoms with Crippen molar-refractivity contribution in [2.45, 2.75) is 0 Å². The van der Waals surface area contributed by atoms with Gasteiger partial charge in [-0.2, -0.15) is 0 Å². The molecule has 0 aliphatic carbocycles. The molecule has 2 rings (SSSR count). The zero-order chi connectivity index (χ0) is 15.1. The molecule has 4 nitrogen and oxygen atoms in total. The summed E-state index contributed by atoms with van der Waals surface area (Å²) in [5.41, 5.74) is 0.904. The van der Waals surface area contributed by atoms with Crippen molar-refractivity contribution >= 4 is 11.5 Å². The summed E-state index contributed by atoms with van der Waals surface area (Å²) in [6, 6.07) is 16.6. The van der Waals surface area contributed by atoms with Gasteiger partial charge in [0.2, 0.25) is 0 Å². The second kappa shape index (κ2) is 7.14. The van der Waals surface area contributed by atoms with Gasteiger partial charge in [-0.1, -0.05) is 36.4 Å². The summed E-state index contributed by atoms with van der Waals surface area (Å²) in [6.07, 6.45) is 1.35. The van der Waals surface area contributed by atoms with Gasteiger partial charge in [0, 0.05) is 5.56 Å². The average molecular weight is 284 g/mol. The van der Waals surface area contributed by atoms with Crippen LogP contribution in [-0.4, -0.2) is 20.2 Å². The lowest BCUT2D eigenvalue weighted by Gasteiger charge is -2.12. The van der Waals surface area contributed by atoms with Gasteiger partial charge in [-0.15, -0.1) is 0 Å². The average Bonchev–Trinajstić information content (AvgIpc) is 2.54. The van der Waals surface area contributed by atoms with Crippen LogP contribution < -0.4 is 4.74 Å². The van der Waals surface area contributed by atoms with E-state index in [-0.39, 0.29) is 0 Å². The highest BCUT2D eigenvalue weighted by Crippen LogP contribution is 2.30. The first-order chi connectivity index (χ1) is 10.3. The third kappa shape index (κ3) is 3.63. The van der Waals surface area contributed by atoms with Crippen LogP contribution in [0.4, 0.5) is 0 Å². The highest BCUT2D eigenvalue weighted by Gasteiger charge is 2.17. The van der Waals surface area contributed by atoms with Crippen molar-refractivity contribution in [3.05, 3.63) is 66.4 Å². The van der Waals surface area contributed by atoms with Gasteiger partial charge >= 0.3 is 5.97 Å². The molecule has 0 heterocycles. The zero-order valence-electron chi connectivity index (χ0n) is 11.9. The number of ether oxygens (including phenoxy) is 3. The molecule has 2 aromatic carbocycles. The molecule has 0 unspecified atom stereocenters. The molecule has 0 atom stereocenters. The van der Waals surface area contributed by atoms with Crippen LogP contribution in [0.25, 0.3) is 5.57 Å². The van der Waals surface area contributed by atoms with E-state index in [9.17, 15) is 4.79 Å². The molecule has 0 amide bonds. The van der Waals surface area contributed by atoms with E-state index >= 15 is 0 Å². The van der Waals surface area contributed by atoms with E-state index in [0.717, 1.165) is 0 Å². The second-order valence-electron chi connectivity index (χ2n) is 4.17. The van der Waals surface area contributed by atoms with Crippen molar-refractivity contribution in [3.8, 4) is 11.5 Å². The van der Waals surface area contributed by atoms with Gasteiger partial charge < -0.3 is 14.2 Å². The molecule has 108 valence electrons. The number of methoxy groups -OCH3 is 2. The Kier molecular flexibility index (Phi) is 4.99. The minimum absolute atomic E-state index is 0.298. The molecule has 4 heteroatoms. The number of esters is 1. The molecular formula is C17H16O4. The Morgan fingerprint density at radius 1 is 0.952 bits per heavy atom. The maximum atomic E-state index is 11.9. The summed E-state index contributed by atoms with van der Waals surface area (Å²) >= 11 is 0. The van der Waals surface area contributed by atoms with Crippen LogP contribution in [0, 0.1) is 0 Å². The summed E-state index contributed by atoms with van der Waals surface area (Å²) < 4.78 is 15.6. The first-order valence-electron chi connectivity index (χ1n) is 6.40. The summed E-state index contributed by atoms with van der Waals surface area (Å²) in [6.45, 7) is 0. The van der Waals surface area contributed by atoms with Crippen molar-refractivity contribution in [2.75, 3.05) is 14.2 Å². The SMILES string of the molecule is CO/C=C(/C(=O)OC)c1ccccc1Oc1ccccc1. The third-order valence-corrected chi connectivity index (χ3v) is 2.79. The van der Waals surface area contributed by atoms with Crippen LogP contribution in [0.1, 0.15) is 5.56 Å². The molecule has 0 saturated heterocycles. The predicted octanol–water partition coefficient (Wildman–Crippen LogP) is 3.64. The molecule has 0 bridgehead atoms. The summed E-state index contributed by atoms with van der Waals surface area (Å²) in [4.78, 5) is 11.9. The normalized spacial score (nSPS) is 10.9. The minimum Gasteiger partial charge on any atom is -0.503 e. The first kappa shape index (κ1) is 14.7. The first-order valence-corrected chi connectivity index (χ1v) is 6.40. The fourth-order valence-corrected chi connectivity index (χ4v) is 1.84. The van der Waals surface area contributed by atoms with Crippen LogP contribution in [-0.2, 0) is 14.3 Å². The Hall–Kier alpha value is -2.75. The molecule has 0 radical (unpaired) electrons. The number of carbonyl (C=O) groups excluding carboxylic acids is 1. The highest BCUT2D eigenvalue weighted by atomic mass is 16.5. The van der Waals surface area contributed by atoms with Gasteiger partial charge in [-0.05, 0) is 18.2 Å². The lowest BCUT2D eigenvalue weighted by atomic mass is 10.1. The maximum absolute atomic E-state index is 11.9. The topological polar surface area (TPSA) is 44.8 Å². The molecule has 0 aliphatic rings. The van der Waals surface area contributed by atoms with E-state index in [1.807, 2.05) is 42.5 Å². The monoisotopic (exact) mass is 284 g/mol. The van der Waals surface area contributed by atoms with Crippen molar-refractivity contribution in [1.29, 1.82) is 0 Å². The van der Waals surface area contributed by atoms with Crippen molar-refractivity contribution < 1.29 is 19.0 Å². The highest BCUT2D eigenvalue weighted by molar-refractivity contribution is 6.17. The number of hydrogen-bond donors (Lipinski definition) is 0. The van der Waals surface area contributed by atoms with E-state index in [2.05, 4.69) is 0 Å². The van der Waals surface area contributed by atoms with Gasteiger partial charge in [0.15, 0.2) is 0 Å². The fraction of sp³-hybridized carbons (Fsp3) is 0.118. The Labute approximate surface area is 123 Å². The Morgan fingerprint density at radius 3 is 2.29 bits per heavy atom. The summed E-state index contributed by atoms with van der Waals surface area (Å²) in [5, 5.41) is 0. The zero-order valence-corrected chi connectivity index (χ0v) is 11.9. The molecule has 0 spiro atoms. The van der Waals surface area contributed by atoms with E-state index in [0.29, 0.717) is 22.6 Å². The van der Waals surface area contributed by atoms with Crippen LogP contribution in [0.15, 0.2) is 60.9 Å². The van der Waals surface area contributed by atoms with Gasteiger partial charge in [0.1, 0.15) is 17.1 Å². The maximum Gasteiger partial charge on any atom is 0.341 e.